The van der Waals surface area contributed by atoms with Gasteiger partial charge in [-0.1, -0.05) is 17.7 Å². The molecule has 2 aliphatic heterocycles. The molecule has 0 radical (unpaired) electrons. The number of rotatable bonds is 1. The molecule has 0 atom stereocenters. The van der Waals surface area contributed by atoms with Gasteiger partial charge in [-0.3, -0.25) is 9.80 Å². The van der Waals surface area contributed by atoms with Crippen LogP contribution >= 0.6 is 11.6 Å². The van der Waals surface area contributed by atoms with E-state index < -0.39 is 34.9 Å². The van der Waals surface area contributed by atoms with Gasteiger partial charge in [0.15, 0.2) is 0 Å². The lowest BCUT2D eigenvalue weighted by Crippen LogP contribution is -2.50. The molecular formula is C25H28ClF3N4O3. The predicted octanol–water partition coefficient (Wildman–Crippen LogP) is 6.10. The molecule has 0 N–H and O–H groups in total. The number of fused-ring (bicyclic) bond motifs is 2. The van der Waals surface area contributed by atoms with Gasteiger partial charge >= 0.3 is 18.3 Å². The van der Waals surface area contributed by atoms with E-state index in [2.05, 4.69) is 4.98 Å². The molecule has 3 amide bonds. The molecule has 2 aromatic rings. The van der Waals surface area contributed by atoms with Gasteiger partial charge in [-0.2, -0.15) is 13.2 Å². The van der Waals surface area contributed by atoms with E-state index in [1.165, 1.54) is 40.1 Å². The van der Waals surface area contributed by atoms with Crippen molar-refractivity contribution >= 4 is 35.1 Å². The molecular weight excluding hydrogens is 497 g/mol. The van der Waals surface area contributed by atoms with Crippen molar-refractivity contribution < 1.29 is 27.5 Å². The number of aromatic nitrogens is 1. The summed E-state index contributed by atoms with van der Waals surface area (Å²) in [7, 11) is 1.54. The summed E-state index contributed by atoms with van der Waals surface area (Å²) in [6.07, 6.45) is -3.11. The lowest BCUT2D eigenvalue weighted by Gasteiger charge is -2.40. The lowest BCUT2D eigenvalue weighted by atomic mass is 9.72. The van der Waals surface area contributed by atoms with Gasteiger partial charge in [0.05, 0.1) is 5.56 Å². The minimum Gasteiger partial charge on any atom is -0.444 e. The van der Waals surface area contributed by atoms with Crippen molar-refractivity contribution in [2.45, 2.75) is 50.8 Å². The molecule has 7 nitrogen and oxygen atoms in total. The van der Waals surface area contributed by atoms with E-state index in [-0.39, 0.29) is 48.9 Å². The zero-order chi connectivity index (χ0) is 26.5. The third-order valence-corrected chi connectivity index (χ3v) is 6.82. The SMILES string of the molecule is CN(C(=O)N1CC2(CCN(C(=O)OC(C)(C)C)CC2)c2c1cccc2C(F)(F)F)c1ccnc(Cl)c1. The van der Waals surface area contributed by atoms with Crippen LogP contribution in [0.5, 0.6) is 0 Å². The van der Waals surface area contributed by atoms with Crippen molar-refractivity contribution in [2.75, 3.05) is 36.5 Å². The van der Waals surface area contributed by atoms with E-state index in [0.717, 1.165) is 6.07 Å². The summed E-state index contributed by atoms with van der Waals surface area (Å²) in [6, 6.07) is 6.55. The molecule has 2 aliphatic rings. The minimum absolute atomic E-state index is 0.0690. The summed E-state index contributed by atoms with van der Waals surface area (Å²) >= 11 is 5.97. The zero-order valence-electron chi connectivity index (χ0n) is 20.5. The Morgan fingerprint density at radius 2 is 1.81 bits per heavy atom. The second-order valence-corrected chi connectivity index (χ2v) is 10.6. The number of carbonyl (C=O) groups excluding carboxylic acids is 2. The Morgan fingerprint density at radius 3 is 2.39 bits per heavy atom. The highest BCUT2D eigenvalue weighted by atomic mass is 35.5. The number of hydrogen-bond donors (Lipinski definition) is 0. The van der Waals surface area contributed by atoms with E-state index >= 15 is 0 Å². The molecule has 0 saturated carbocycles. The van der Waals surface area contributed by atoms with E-state index in [4.69, 9.17) is 16.3 Å². The fourth-order valence-electron chi connectivity index (χ4n) is 4.94. The molecule has 1 saturated heterocycles. The molecule has 194 valence electrons. The van der Waals surface area contributed by atoms with Gasteiger partial charge in [-0.25, -0.2) is 14.6 Å². The number of piperidine rings is 1. The molecule has 0 bridgehead atoms. The Labute approximate surface area is 212 Å². The molecule has 0 aliphatic carbocycles. The molecule has 1 aromatic heterocycles. The largest absolute Gasteiger partial charge is 0.444 e. The van der Waals surface area contributed by atoms with Gasteiger partial charge in [0, 0.05) is 49.7 Å². The summed E-state index contributed by atoms with van der Waals surface area (Å²) in [5.74, 6) is 0. The van der Waals surface area contributed by atoms with Gasteiger partial charge in [0.25, 0.3) is 0 Å². The van der Waals surface area contributed by atoms with Crippen LogP contribution in [0.15, 0.2) is 36.5 Å². The van der Waals surface area contributed by atoms with Crippen molar-refractivity contribution in [1.29, 1.82) is 0 Å². The second kappa shape index (κ2) is 9.14. The average Bonchev–Trinajstić information content (AvgIpc) is 3.11. The highest BCUT2D eigenvalue weighted by molar-refractivity contribution is 6.29. The molecule has 0 unspecified atom stereocenters. The third-order valence-electron chi connectivity index (χ3n) is 6.62. The number of hydrogen-bond acceptors (Lipinski definition) is 4. The quantitative estimate of drug-likeness (QED) is 0.423. The average molecular weight is 525 g/mol. The van der Waals surface area contributed by atoms with E-state index in [1.54, 1.807) is 32.9 Å². The maximum Gasteiger partial charge on any atom is 0.416 e. The standard InChI is InChI=1S/C25H28ClF3N4O3/c1-23(2,3)36-22(35)32-12-9-24(10-13-32)15-33(18-7-5-6-17(20(18)24)25(27,28)29)21(34)31(4)16-8-11-30-19(26)14-16/h5-8,11,14H,9-10,12-13,15H2,1-4H3. The van der Waals surface area contributed by atoms with E-state index in [9.17, 15) is 22.8 Å². The fraction of sp³-hybridized carbons (Fsp3) is 0.480. The second-order valence-electron chi connectivity index (χ2n) is 10.2. The van der Waals surface area contributed by atoms with Crippen LogP contribution in [0.3, 0.4) is 0 Å². The van der Waals surface area contributed by atoms with Crippen molar-refractivity contribution in [3.63, 3.8) is 0 Å². The number of likely N-dealkylation sites (tertiary alicyclic amines) is 1. The number of amides is 3. The van der Waals surface area contributed by atoms with Crippen LogP contribution in [0.25, 0.3) is 0 Å². The Kier molecular flexibility index (Phi) is 6.61. The predicted molar refractivity (Wildman–Crippen MR) is 131 cm³/mol. The first-order chi connectivity index (χ1) is 16.7. The number of alkyl halides is 3. The van der Waals surface area contributed by atoms with Crippen molar-refractivity contribution in [3.05, 3.63) is 52.8 Å². The number of anilines is 2. The molecule has 11 heteroatoms. The summed E-state index contributed by atoms with van der Waals surface area (Å²) in [5, 5.41) is 0.194. The first-order valence-corrected chi connectivity index (χ1v) is 12.0. The summed E-state index contributed by atoms with van der Waals surface area (Å²) in [5.41, 5.74) is -1.58. The van der Waals surface area contributed by atoms with Crippen LogP contribution in [0.4, 0.5) is 34.1 Å². The highest BCUT2D eigenvalue weighted by Crippen LogP contribution is 2.52. The van der Waals surface area contributed by atoms with Gasteiger partial charge < -0.3 is 9.64 Å². The lowest BCUT2D eigenvalue weighted by molar-refractivity contribution is -0.138. The molecule has 3 heterocycles. The third kappa shape index (κ3) is 4.96. The molecule has 36 heavy (non-hydrogen) atoms. The number of carbonyl (C=O) groups is 2. The van der Waals surface area contributed by atoms with E-state index in [0.29, 0.717) is 5.69 Å². The van der Waals surface area contributed by atoms with Crippen molar-refractivity contribution in [1.82, 2.24) is 9.88 Å². The van der Waals surface area contributed by atoms with Gasteiger partial charge in [-0.15, -0.1) is 0 Å². The van der Waals surface area contributed by atoms with Crippen LogP contribution in [0.1, 0.15) is 44.7 Å². The smallest absolute Gasteiger partial charge is 0.416 e. The van der Waals surface area contributed by atoms with Crippen molar-refractivity contribution in [2.24, 2.45) is 0 Å². The maximum absolute atomic E-state index is 14.1. The topological polar surface area (TPSA) is 66.0 Å². The molecule has 1 fully saturated rings. The Morgan fingerprint density at radius 1 is 1.14 bits per heavy atom. The first-order valence-electron chi connectivity index (χ1n) is 11.6. The fourth-order valence-corrected chi connectivity index (χ4v) is 5.11. The zero-order valence-corrected chi connectivity index (χ0v) is 21.3. The van der Waals surface area contributed by atoms with Crippen LogP contribution < -0.4 is 9.80 Å². The van der Waals surface area contributed by atoms with Gasteiger partial charge in [0.1, 0.15) is 10.8 Å². The van der Waals surface area contributed by atoms with Crippen LogP contribution in [-0.4, -0.2) is 54.3 Å². The van der Waals surface area contributed by atoms with Crippen LogP contribution in [-0.2, 0) is 16.3 Å². The molecule has 4 rings (SSSR count). The van der Waals surface area contributed by atoms with Gasteiger partial charge in [-0.05, 0) is 63.4 Å². The minimum atomic E-state index is -4.59. The Hall–Kier alpha value is -3.01. The summed E-state index contributed by atoms with van der Waals surface area (Å²) < 4.78 is 47.9. The molecule has 1 aromatic carbocycles. The summed E-state index contributed by atoms with van der Waals surface area (Å²) in [6.45, 7) is 5.79. The number of ether oxygens (including phenoxy) is 1. The molecule has 1 spiro atoms. The Bertz CT molecular complexity index is 1170. The number of benzene rings is 1. The summed E-state index contributed by atoms with van der Waals surface area (Å²) in [4.78, 5) is 34.3. The van der Waals surface area contributed by atoms with Crippen LogP contribution in [0.2, 0.25) is 5.15 Å². The monoisotopic (exact) mass is 524 g/mol. The van der Waals surface area contributed by atoms with Gasteiger partial charge in [0.2, 0.25) is 0 Å². The normalized spacial score (nSPS) is 17.2. The first kappa shape index (κ1) is 26.1. The van der Waals surface area contributed by atoms with Crippen molar-refractivity contribution in [3.8, 4) is 0 Å². The number of halogens is 4. The highest BCUT2D eigenvalue weighted by Gasteiger charge is 2.52. The number of pyridine rings is 1. The van der Waals surface area contributed by atoms with Crippen LogP contribution in [0, 0.1) is 0 Å². The Balaban J connectivity index is 1.68. The number of nitrogens with zero attached hydrogens (tertiary/aromatic N) is 4. The maximum atomic E-state index is 14.1. The van der Waals surface area contributed by atoms with E-state index in [1.807, 2.05) is 0 Å². The number of urea groups is 1.